The lowest BCUT2D eigenvalue weighted by Crippen LogP contribution is -2.42. The Hall–Kier alpha value is -1.10. The summed E-state index contributed by atoms with van der Waals surface area (Å²) in [6.07, 6.45) is 3.53. The van der Waals surface area contributed by atoms with Crippen LogP contribution in [0.1, 0.15) is 47.0 Å². The normalized spacial score (nSPS) is 17.5. The summed E-state index contributed by atoms with van der Waals surface area (Å²) in [7, 11) is 0. The van der Waals surface area contributed by atoms with E-state index in [0.717, 1.165) is 18.9 Å². The van der Waals surface area contributed by atoms with Crippen molar-refractivity contribution in [3.05, 3.63) is 0 Å². The molecule has 0 unspecified atom stereocenters. The van der Waals surface area contributed by atoms with Gasteiger partial charge in [0.1, 0.15) is 0 Å². The first-order valence-corrected chi connectivity index (χ1v) is 8.06. The van der Waals surface area contributed by atoms with Gasteiger partial charge in [0.15, 0.2) is 0 Å². The van der Waals surface area contributed by atoms with Crippen LogP contribution in [0.25, 0.3) is 0 Å². The average molecular weight is 297 g/mol. The van der Waals surface area contributed by atoms with Crippen molar-refractivity contribution in [3.8, 4) is 0 Å². The molecule has 1 aliphatic rings. The van der Waals surface area contributed by atoms with Crippen LogP contribution in [0, 0.1) is 11.3 Å². The third kappa shape index (κ3) is 7.46. The third-order valence-corrected chi connectivity index (χ3v) is 3.94. The Morgan fingerprint density at radius 1 is 1.14 bits per heavy atom. The first-order valence-electron chi connectivity index (χ1n) is 8.06. The van der Waals surface area contributed by atoms with E-state index in [1.807, 2.05) is 20.8 Å². The van der Waals surface area contributed by atoms with Crippen molar-refractivity contribution in [1.29, 1.82) is 0 Å². The second kappa shape index (κ2) is 8.37. The van der Waals surface area contributed by atoms with Crippen molar-refractivity contribution in [1.82, 2.24) is 15.5 Å². The Morgan fingerprint density at radius 2 is 1.76 bits per heavy atom. The molecular weight excluding hydrogens is 266 g/mol. The van der Waals surface area contributed by atoms with Gasteiger partial charge in [-0.05, 0) is 44.8 Å². The molecule has 0 radical (unpaired) electrons. The minimum Gasteiger partial charge on any atom is -0.355 e. The number of nitrogens with one attached hydrogen (secondary N) is 2. The number of likely N-dealkylation sites (tertiary alicyclic amines) is 1. The van der Waals surface area contributed by atoms with Crippen LogP contribution in [0.5, 0.6) is 0 Å². The second-order valence-corrected chi connectivity index (χ2v) is 7.16. The Bertz CT molecular complexity index is 342. The molecule has 21 heavy (non-hydrogen) atoms. The summed E-state index contributed by atoms with van der Waals surface area (Å²) in [5, 5.41) is 5.51. The summed E-state index contributed by atoms with van der Waals surface area (Å²) in [5.74, 6) is 0.646. The highest BCUT2D eigenvalue weighted by molar-refractivity contribution is 5.87. The smallest absolute Gasteiger partial charge is 0.239 e. The first-order chi connectivity index (χ1) is 9.79. The number of carbonyl (C=O) groups excluding carboxylic acids is 2. The van der Waals surface area contributed by atoms with Crippen molar-refractivity contribution in [3.63, 3.8) is 0 Å². The van der Waals surface area contributed by atoms with Gasteiger partial charge < -0.3 is 15.5 Å². The van der Waals surface area contributed by atoms with Crippen molar-refractivity contribution >= 4 is 11.8 Å². The van der Waals surface area contributed by atoms with Crippen LogP contribution in [-0.4, -0.2) is 49.4 Å². The molecule has 1 rings (SSSR count). The number of hydrogen-bond donors (Lipinski definition) is 2. The van der Waals surface area contributed by atoms with Crippen molar-refractivity contribution in [2.45, 2.75) is 47.0 Å². The number of nitrogens with zero attached hydrogens (tertiary/aromatic N) is 1. The molecule has 1 aliphatic heterocycles. The van der Waals surface area contributed by atoms with Gasteiger partial charge in [-0.15, -0.1) is 0 Å². The van der Waals surface area contributed by atoms with Gasteiger partial charge in [0.25, 0.3) is 0 Å². The summed E-state index contributed by atoms with van der Waals surface area (Å²) in [5.41, 5.74) is -0.453. The highest BCUT2D eigenvalue weighted by atomic mass is 16.2. The van der Waals surface area contributed by atoms with E-state index in [1.54, 1.807) is 0 Å². The molecule has 2 N–H and O–H groups in total. The molecule has 0 atom stereocenters. The predicted octanol–water partition coefficient (Wildman–Crippen LogP) is 1.39. The molecule has 5 nitrogen and oxygen atoms in total. The average Bonchev–Trinajstić information content (AvgIpc) is 2.41. The molecule has 0 aromatic carbocycles. The van der Waals surface area contributed by atoms with Crippen LogP contribution in [0.15, 0.2) is 0 Å². The third-order valence-electron chi connectivity index (χ3n) is 3.94. The van der Waals surface area contributed by atoms with Crippen LogP contribution in [0.3, 0.4) is 0 Å². The van der Waals surface area contributed by atoms with Crippen LogP contribution in [0.4, 0.5) is 0 Å². The molecule has 0 saturated carbocycles. The molecule has 1 heterocycles. The summed E-state index contributed by atoms with van der Waals surface area (Å²) in [6, 6.07) is 0. The molecule has 1 saturated heterocycles. The van der Waals surface area contributed by atoms with Crippen LogP contribution >= 0.6 is 0 Å². The Labute approximate surface area is 128 Å². The second-order valence-electron chi connectivity index (χ2n) is 7.16. The van der Waals surface area contributed by atoms with Gasteiger partial charge in [-0.3, -0.25) is 9.59 Å². The Balaban J connectivity index is 2.05. The van der Waals surface area contributed by atoms with E-state index in [0.29, 0.717) is 6.54 Å². The Kier molecular flexibility index (Phi) is 7.15. The van der Waals surface area contributed by atoms with Crippen molar-refractivity contribution in [2.24, 2.45) is 11.3 Å². The van der Waals surface area contributed by atoms with Gasteiger partial charge in [-0.1, -0.05) is 27.7 Å². The highest BCUT2D eigenvalue weighted by Crippen LogP contribution is 2.15. The Morgan fingerprint density at radius 3 is 2.33 bits per heavy atom. The lowest BCUT2D eigenvalue weighted by molar-refractivity contribution is -0.131. The van der Waals surface area contributed by atoms with Crippen LogP contribution in [0.2, 0.25) is 0 Å². The molecule has 1 fully saturated rings. The number of amides is 2. The van der Waals surface area contributed by atoms with Gasteiger partial charge in [-0.2, -0.15) is 0 Å². The first kappa shape index (κ1) is 18.0. The van der Waals surface area contributed by atoms with E-state index in [9.17, 15) is 9.59 Å². The number of piperidine rings is 1. The van der Waals surface area contributed by atoms with Crippen molar-refractivity contribution < 1.29 is 9.59 Å². The van der Waals surface area contributed by atoms with Crippen molar-refractivity contribution in [2.75, 3.05) is 32.7 Å². The highest BCUT2D eigenvalue weighted by Gasteiger charge is 2.21. The zero-order valence-electron chi connectivity index (χ0n) is 14.0. The topological polar surface area (TPSA) is 61.4 Å². The largest absolute Gasteiger partial charge is 0.355 e. The fourth-order valence-electron chi connectivity index (χ4n) is 2.30. The summed E-state index contributed by atoms with van der Waals surface area (Å²) < 4.78 is 0. The fraction of sp³-hybridized carbons (Fsp3) is 0.875. The molecule has 122 valence electrons. The molecule has 0 aromatic rings. The molecule has 2 amide bonds. The minimum atomic E-state index is -0.453. The summed E-state index contributed by atoms with van der Waals surface area (Å²) in [6.45, 7) is 11.9. The maximum Gasteiger partial charge on any atom is 0.239 e. The van der Waals surface area contributed by atoms with Gasteiger partial charge in [-0.25, -0.2) is 0 Å². The van der Waals surface area contributed by atoms with E-state index in [4.69, 9.17) is 0 Å². The summed E-state index contributed by atoms with van der Waals surface area (Å²) >= 11 is 0. The number of carbonyl (C=O) groups is 2. The standard InChI is InChI=1S/C16H31N3O2/c1-13-6-10-19(11-7-13)9-5-8-17-14(20)12-18-15(21)16(2,3)4/h13H,5-12H2,1-4H3,(H,17,20)(H,18,21). The number of hydrogen-bond acceptors (Lipinski definition) is 3. The van der Waals surface area contributed by atoms with Gasteiger partial charge in [0.2, 0.25) is 11.8 Å². The SMILES string of the molecule is CC1CCN(CCCNC(=O)CNC(=O)C(C)(C)C)CC1. The minimum absolute atomic E-state index is 0.0668. The maximum atomic E-state index is 11.6. The predicted molar refractivity (Wildman–Crippen MR) is 84.9 cm³/mol. The zero-order chi connectivity index (χ0) is 15.9. The summed E-state index contributed by atoms with van der Waals surface area (Å²) in [4.78, 5) is 25.7. The van der Waals surface area contributed by atoms with Gasteiger partial charge in [0, 0.05) is 12.0 Å². The van der Waals surface area contributed by atoms with Crippen LogP contribution < -0.4 is 10.6 Å². The molecule has 0 aromatic heterocycles. The number of rotatable bonds is 6. The zero-order valence-corrected chi connectivity index (χ0v) is 14.0. The quantitative estimate of drug-likeness (QED) is 0.728. The molecular formula is C16H31N3O2. The van der Waals surface area contributed by atoms with Gasteiger partial charge >= 0.3 is 0 Å². The fourth-order valence-corrected chi connectivity index (χ4v) is 2.30. The van der Waals surface area contributed by atoms with Gasteiger partial charge in [0.05, 0.1) is 6.54 Å². The lowest BCUT2D eigenvalue weighted by Gasteiger charge is -2.30. The lowest BCUT2D eigenvalue weighted by atomic mass is 9.96. The molecule has 0 bridgehead atoms. The van der Waals surface area contributed by atoms with E-state index in [-0.39, 0.29) is 18.4 Å². The molecule has 5 heteroatoms. The molecule has 0 aliphatic carbocycles. The van der Waals surface area contributed by atoms with E-state index in [1.165, 1.54) is 25.9 Å². The van der Waals surface area contributed by atoms with Crippen LogP contribution in [-0.2, 0) is 9.59 Å². The monoisotopic (exact) mass is 297 g/mol. The molecule has 0 spiro atoms. The van der Waals surface area contributed by atoms with E-state index >= 15 is 0 Å². The maximum absolute atomic E-state index is 11.6. The van der Waals surface area contributed by atoms with E-state index < -0.39 is 5.41 Å². The van der Waals surface area contributed by atoms with E-state index in [2.05, 4.69) is 22.5 Å².